The van der Waals surface area contributed by atoms with Crippen LogP contribution in [0.3, 0.4) is 0 Å². The number of fused-ring (bicyclic) bond motifs is 5. The maximum atomic E-state index is 15.0. The Bertz CT molecular complexity index is 1690. The van der Waals surface area contributed by atoms with Gasteiger partial charge in [0.2, 0.25) is 0 Å². The van der Waals surface area contributed by atoms with E-state index in [9.17, 15) is 29.0 Å². The average molecular weight is 520 g/mol. The van der Waals surface area contributed by atoms with Crippen molar-refractivity contribution in [3.8, 4) is 11.4 Å². The lowest BCUT2D eigenvalue weighted by atomic mass is 9.78. The summed E-state index contributed by atoms with van der Waals surface area (Å²) in [6.07, 6.45) is 2.63. The van der Waals surface area contributed by atoms with Gasteiger partial charge in [0.1, 0.15) is 18.0 Å². The van der Waals surface area contributed by atoms with E-state index in [1.54, 1.807) is 13.0 Å². The van der Waals surface area contributed by atoms with Gasteiger partial charge in [-0.05, 0) is 68.7 Å². The summed E-state index contributed by atoms with van der Waals surface area (Å²) in [4.78, 5) is 43.7. The van der Waals surface area contributed by atoms with Gasteiger partial charge in [0.25, 0.3) is 11.5 Å². The van der Waals surface area contributed by atoms with Crippen LogP contribution in [0.4, 0.5) is 4.39 Å². The van der Waals surface area contributed by atoms with Gasteiger partial charge in [-0.15, -0.1) is 0 Å². The molecule has 0 spiro atoms. The zero-order valence-corrected chi connectivity index (χ0v) is 21.0. The lowest BCUT2D eigenvalue weighted by Crippen LogP contribution is -2.52. The number of aryl methyl sites for hydroxylation is 1. The molecule has 38 heavy (non-hydrogen) atoms. The van der Waals surface area contributed by atoms with E-state index in [4.69, 9.17) is 9.72 Å². The Hall–Kier alpha value is -3.63. The molecule has 0 bridgehead atoms. The smallest absolute Gasteiger partial charge is 0.342 e. The third-order valence-corrected chi connectivity index (χ3v) is 8.91. The summed E-state index contributed by atoms with van der Waals surface area (Å²) < 4.78 is 21.6. The van der Waals surface area contributed by atoms with Gasteiger partial charge in [0, 0.05) is 22.6 Å². The molecule has 2 aliphatic heterocycles. The van der Waals surface area contributed by atoms with Crippen molar-refractivity contribution in [3.05, 3.63) is 61.7 Å². The number of nitrogens with one attached hydrogen (secondary N) is 1. The van der Waals surface area contributed by atoms with Crippen LogP contribution in [0.2, 0.25) is 0 Å². The lowest BCUT2D eigenvalue weighted by molar-refractivity contribution is -0.169. The number of hydrogen-bond donors (Lipinski definition) is 3. The lowest BCUT2D eigenvalue weighted by Gasteiger charge is -2.37. The van der Waals surface area contributed by atoms with Crippen molar-refractivity contribution < 1.29 is 28.9 Å². The molecule has 4 heterocycles. The first-order valence-electron chi connectivity index (χ1n) is 12.9. The third-order valence-electron chi connectivity index (χ3n) is 8.91. The monoisotopic (exact) mass is 519 g/mol. The molecule has 196 valence electrons. The van der Waals surface area contributed by atoms with E-state index in [0.29, 0.717) is 48.2 Å². The maximum absolute atomic E-state index is 15.0. The predicted molar refractivity (Wildman–Crippen MR) is 133 cm³/mol. The van der Waals surface area contributed by atoms with Crippen LogP contribution in [0.1, 0.15) is 72.0 Å². The molecule has 3 aromatic rings. The number of cyclic esters (lactones) is 1. The maximum Gasteiger partial charge on any atom is 0.342 e. The summed E-state index contributed by atoms with van der Waals surface area (Å²) in [7, 11) is 0. The second kappa shape index (κ2) is 7.48. The van der Waals surface area contributed by atoms with Crippen molar-refractivity contribution in [2.45, 2.75) is 76.3 Å². The molecule has 7 rings (SSSR count). The summed E-state index contributed by atoms with van der Waals surface area (Å²) >= 11 is 0. The highest BCUT2D eigenvalue weighted by Crippen LogP contribution is 2.46. The fourth-order valence-electron chi connectivity index (χ4n) is 6.48. The molecular weight excluding hydrogens is 493 g/mol. The average Bonchev–Trinajstić information content (AvgIpc) is 3.23. The highest BCUT2D eigenvalue weighted by atomic mass is 19.1. The van der Waals surface area contributed by atoms with E-state index in [1.165, 1.54) is 17.6 Å². The largest absolute Gasteiger partial charge is 0.458 e. The number of aliphatic hydroxyl groups is 2. The van der Waals surface area contributed by atoms with Crippen LogP contribution in [-0.4, -0.2) is 37.2 Å². The molecule has 10 heteroatoms. The minimum absolute atomic E-state index is 0.164. The number of hydrogen-bond acceptors (Lipinski definition) is 7. The fraction of sp³-hybridized carbons (Fsp3) is 0.429. The minimum Gasteiger partial charge on any atom is -0.458 e. The van der Waals surface area contributed by atoms with Crippen LogP contribution >= 0.6 is 0 Å². The van der Waals surface area contributed by atoms with E-state index in [1.807, 2.05) is 0 Å². The SMILES string of the molecule is Cc1c(F)cc2nc3c(c4c2c1CC[C@@H]4NC(=O)C1(O)CCC1)Cn1c-3cc2c(c1=O)COC(=O)[C@@]2(C)O. The number of pyridine rings is 2. The summed E-state index contributed by atoms with van der Waals surface area (Å²) in [5.74, 6) is -1.65. The van der Waals surface area contributed by atoms with Gasteiger partial charge in [-0.25, -0.2) is 14.2 Å². The molecule has 0 saturated heterocycles. The normalized spacial score (nSPS) is 24.2. The van der Waals surface area contributed by atoms with E-state index in [2.05, 4.69) is 5.32 Å². The van der Waals surface area contributed by atoms with Crippen LogP contribution < -0.4 is 10.9 Å². The minimum atomic E-state index is -2.00. The van der Waals surface area contributed by atoms with Crippen molar-refractivity contribution in [3.63, 3.8) is 0 Å². The first kappa shape index (κ1) is 23.5. The number of aromatic nitrogens is 2. The molecular formula is C28H26FN3O6. The number of carbonyl (C=O) groups excluding carboxylic acids is 2. The molecule has 2 atom stereocenters. The topological polar surface area (TPSA) is 131 Å². The Labute approximate surface area is 216 Å². The zero-order chi connectivity index (χ0) is 26.7. The van der Waals surface area contributed by atoms with Crippen molar-refractivity contribution >= 4 is 22.8 Å². The standard InChI is InChI=1S/C28H26FN3O6/c1-12-13-4-5-18(31-25(34)28(37)6-3-7-28)22-14-10-32-20(23(14)30-19(21(13)22)9-17(12)29)8-16-15(24(32)33)11-38-26(35)27(16,2)36/h8-9,18,36-37H,3-7,10-11H2,1-2H3,(H,31,34)/t18-,27-/m0/s1. The number of ether oxygens (including phenoxy) is 1. The Morgan fingerprint density at radius 2 is 1.97 bits per heavy atom. The molecule has 2 aliphatic carbocycles. The molecule has 9 nitrogen and oxygen atoms in total. The van der Waals surface area contributed by atoms with E-state index in [-0.39, 0.29) is 30.1 Å². The Balaban J connectivity index is 1.47. The number of halogens is 1. The van der Waals surface area contributed by atoms with Crippen molar-refractivity contribution in [2.24, 2.45) is 0 Å². The molecule has 1 amide bonds. The van der Waals surface area contributed by atoms with E-state index >= 15 is 0 Å². The molecule has 2 aromatic heterocycles. The van der Waals surface area contributed by atoms with E-state index in [0.717, 1.165) is 28.5 Å². The van der Waals surface area contributed by atoms with Crippen LogP contribution in [0.25, 0.3) is 22.3 Å². The Morgan fingerprint density at radius 1 is 1.21 bits per heavy atom. The van der Waals surface area contributed by atoms with Gasteiger partial charge in [-0.1, -0.05) is 0 Å². The number of nitrogens with zero attached hydrogens (tertiary/aromatic N) is 2. The molecule has 0 unspecified atom stereocenters. The first-order valence-corrected chi connectivity index (χ1v) is 12.9. The van der Waals surface area contributed by atoms with Gasteiger partial charge in [0.15, 0.2) is 5.60 Å². The van der Waals surface area contributed by atoms with Gasteiger partial charge in [0.05, 0.1) is 35.1 Å². The number of rotatable bonds is 2. The van der Waals surface area contributed by atoms with Crippen LogP contribution in [0, 0.1) is 12.7 Å². The van der Waals surface area contributed by atoms with Gasteiger partial charge >= 0.3 is 5.97 Å². The van der Waals surface area contributed by atoms with Crippen LogP contribution in [0.15, 0.2) is 16.9 Å². The summed E-state index contributed by atoms with van der Waals surface area (Å²) in [5, 5.41) is 25.3. The fourth-order valence-corrected chi connectivity index (χ4v) is 6.48. The van der Waals surface area contributed by atoms with Crippen molar-refractivity contribution in [1.29, 1.82) is 0 Å². The number of carbonyl (C=O) groups is 2. The van der Waals surface area contributed by atoms with Crippen LogP contribution in [0.5, 0.6) is 0 Å². The number of amides is 1. The van der Waals surface area contributed by atoms with Gasteiger partial charge in [-0.2, -0.15) is 0 Å². The first-order chi connectivity index (χ1) is 18.0. The number of benzene rings is 1. The molecule has 0 radical (unpaired) electrons. The zero-order valence-electron chi connectivity index (χ0n) is 21.0. The quantitative estimate of drug-likeness (QED) is 0.346. The number of esters is 1. The Kier molecular flexibility index (Phi) is 4.62. The van der Waals surface area contributed by atoms with Crippen molar-refractivity contribution in [1.82, 2.24) is 14.9 Å². The predicted octanol–water partition coefficient (Wildman–Crippen LogP) is 2.16. The third kappa shape index (κ3) is 2.92. The molecule has 1 fully saturated rings. The second-order valence-corrected chi connectivity index (χ2v) is 11.1. The van der Waals surface area contributed by atoms with Crippen molar-refractivity contribution in [2.75, 3.05) is 0 Å². The molecule has 3 N–H and O–H groups in total. The van der Waals surface area contributed by atoms with Gasteiger partial charge < -0.3 is 24.8 Å². The second-order valence-electron chi connectivity index (χ2n) is 11.1. The highest BCUT2D eigenvalue weighted by molar-refractivity contribution is 5.94. The molecule has 4 aliphatic rings. The Morgan fingerprint density at radius 3 is 2.68 bits per heavy atom. The highest BCUT2D eigenvalue weighted by Gasteiger charge is 2.45. The molecule has 1 saturated carbocycles. The van der Waals surface area contributed by atoms with Crippen LogP contribution in [-0.2, 0) is 39.5 Å². The summed E-state index contributed by atoms with van der Waals surface area (Å²) in [5.41, 5.74) is 0.683. The summed E-state index contributed by atoms with van der Waals surface area (Å²) in [6, 6.07) is 2.50. The molecule has 1 aromatic carbocycles. The summed E-state index contributed by atoms with van der Waals surface area (Å²) in [6.45, 7) is 2.94. The van der Waals surface area contributed by atoms with Gasteiger partial charge in [-0.3, -0.25) is 9.59 Å². The van der Waals surface area contributed by atoms with E-state index < -0.39 is 34.7 Å².